The Hall–Kier alpha value is -6.90. The van der Waals surface area contributed by atoms with Crippen LogP contribution in [0.1, 0.15) is 29.4 Å². The first-order valence-electron chi connectivity index (χ1n) is 20.9. The minimum absolute atomic E-state index is 0.286. The van der Waals surface area contributed by atoms with Gasteiger partial charge in [-0.1, -0.05) is 176 Å². The smallest absolute Gasteiger partial charge is 0.0619 e. The number of para-hydroxylation sites is 1. The van der Waals surface area contributed by atoms with Gasteiger partial charge in [0.1, 0.15) is 0 Å². The van der Waals surface area contributed by atoms with Gasteiger partial charge in [-0.25, -0.2) is 0 Å². The Balaban J connectivity index is 0.881. The molecule has 13 rings (SSSR count). The third kappa shape index (κ3) is 4.60. The average Bonchev–Trinajstić information content (AvgIpc) is 3.76. The fourth-order valence-corrected chi connectivity index (χ4v) is 11.1. The van der Waals surface area contributed by atoms with E-state index in [0.717, 1.165) is 6.42 Å². The van der Waals surface area contributed by atoms with E-state index in [9.17, 15) is 0 Å². The first-order chi connectivity index (χ1) is 28.8. The zero-order chi connectivity index (χ0) is 37.9. The van der Waals surface area contributed by atoms with Crippen molar-refractivity contribution in [2.24, 2.45) is 5.92 Å². The van der Waals surface area contributed by atoms with E-state index in [1.807, 2.05) is 0 Å². The van der Waals surface area contributed by atoms with Gasteiger partial charge in [0.2, 0.25) is 0 Å². The van der Waals surface area contributed by atoms with Crippen molar-refractivity contribution in [2.75, 3.05) is 4.90 Å². The number of hydrogen-bond donors (Lipinski definition) is 0. The molecule has 5 atom stereocenters. The molecule has 2 heteroatoms. The SMILES string of the molecule is C1=CC2=CC=CC(N3c4ccc(-c5ccc(C6C=c7c(n8c9c(cccc79)-c7ccccc7-c7cc9ccccc9cc7-8)=CC6)cc5)cc4C4C=CC=CC43)C2C=C1. The Morgan fingerprint density at radius 1 is 0.534 bits per heavy atom. The summed E-state index contributed by atoms with van der Waals surface area (Å²) in [5, 5.41) is 6.52. The summed E-state index contributed by atoms with van der Waals surface area (Å²) in [4.78, 5) is 2.68. The Labute approximate surface area is 338 Å². The highest BCUT2D eigenvalue weighted by Crippen LogP contribution is 2.49. The van der Waals surface area contributed by atoms with E-state index < -0.39 is 0 Å². The zero-order valence-electron chi connectivity index (χ0n) is 32.0. The van der Waals surface area contributed by atoms with Crippen LogP contribution in [-0.4, -0.2) is 16.7 Å². The number of nitrogens with zero attached hydrogens (tertiary/aromatic N) is 2. The number of hydrogen-bond acceptors (Lipinski definition) is 1. The van der Waals surface area contributed by atoms with Gasteiger partial charge in [-0.2, -0.15) is 0 Å². The van der Waals surface area contributed by atoms with E-state index in [4.69, 9.17) is 0 Å². The predicted molar refractivity (Wildman–Crippen MR) is 243 cm³/mol. The molecule has 0 fully saturated rings. The van der Waals surface area contributed by atoms with E-state index >= 15 is 0 Å². The molecule has 58 heavy (non-hydrogen) atoms. The van der Waals surface area contributed by atoms with Gasteiger partial charge < -0.3 is 9.47 Å². The van der Waals surface area contributed by atoms with E-state index in [2.05, 4.69) is 210 Å². The second-order valence-corrected chi connectivity index (χ2v) is 16.7. The lowest BCUT2D eigenvalue weighted by atomic mass is 9.82. The average molecular weight is 741 g/mol. The van der Waals surface area contributed by atoms with Crippen LogP contribution in [0.4, 0.5) is 5.69 Å². The van der Waals surface area contributed by atoms with Gasteiger partial charge in [0.05, 0.1) is 23.3 Å². The zero-order valence-corrected chi connectivity index (χ0v) is 32.0. The minimum Gasteiger partial charge on any atom is -0.357 e. The Morgan fingerprint density at radius 3 is 2.16 bits per heavy atom. The van der Waals surface area contributed by atoms with Crippen LogP contribution in [-0.2, 0) is 0 Å². The molecule has 0 N–H and O–H groups in total. The van der Waals surface area contributed by atoms with Crippen molar-refractivity contribution in [3.8, 4) is 39.1 Å². The maximum absolute atomic E-state index is 2.68. The Morgan fingerprint density at radius 2 is 1.26 bits per heavy atom. The lowest BCUT2D eigenvalue weighted by molar-refractivity contribution is 0.547. The molecule has 6 aliphatic rings. The number of anilines is 1. The molecule has 1 aromatic heterocycles. The minimum atomic E-state index is 0.286. The monoisotopic (exact) mass is 740 g/mol. The molecule has 0 amide bonds. The summed E-state index contributed by atoms with van der Waals surface area (Å²) in [5.74, 6) is 1.00. The predicted octanol–water partition coefficient (Wildman–Crippen LogP) is 11.9. The van der Waals surface area contributed by atoms with Crippen LogP contribution in [0.2, 0.25) is 0 Å². The summed E-state index contributed by atoms with van der Waals surface area (Å²) >= 11 is 0. The van der Waals surface area contributed by atoms with Crippen LogP contribution in [0.25, 0.3) is 72.9 Å². The fraction of sp³-hybridized carbons (Fsp3) is 0.107. The molecule has 2 aliphatic heterocycles. The van der Waals surface area contributed by atoms with Crippen LogP contribution in [0.15, 0.2) is 194 Å². The maximum atomic E-state index is 2.68. The fourth-order valence-electron chi connectivity index (χ4n) is 11.1. The molecule has 0 saturated heterocycles. The number of benzene rings is 6. The number of rotatable bonds is 3. The Kier molecular flexibility index (Phi) is 6.83. The number of allylic oxidation sites excluding steroid dienone is 7. The standard InChI is InChI=1S/C56H40N2/c1-2-13-39-34-55-48(31-38(39)12-1)44-17-6-5-16-43(44)46-19-10-20-47-50-33-41(28-30-54(50)58(55)56(46)47)36-25-23-35(24-26-36)40-27-29-53-49(32-40)45-18-7-8-21-52(45)57(53)51-22-9-14-37-11-3-4-15-42(37)51/h1-27,29-34,41-42,45,51-52H,28H2. The van der Waals surface area contributed by atoms with Gasteiger partial charge in [-0.15, -0.1) is 0 Å². The van der Waals surface area contributed by atoms with Crippen LogP contribution >= 0.6 is 0 Å². The first kappa shape index (κ1) is 32.2. The number of aromatic nitrogens is 1. The van der Waals surface area contributed by atoms with Gasteiger partial charge >= 0.3 is 0 Å². The summed E-state index contributed by atoms with van der Waals surface area (Å²) < 4.78 is 2.57. The van der Waals surface area contributed by atoms with Crippen LogP contribution in [0.3, 0.4) is 0 Å². The molecule has 3 heterocycles. The molecule has 5 unspecified atom stereocenters. The molecule has 7 aromatic rings. The van der Waals surface area contributed by atoms with Gasteiger partial charge in [0, 0.05) is 50.5 Å². The van der Waals surface area contributed by atoms with Crippen LogP contribution in [0, 0.1) is 5.92 Å². The van der Waals surface area contributed by atoms with Crippen molar-refractivity contribution in [3.05, 3.63) is 215 Å². The lowest BCUT2D eigenvalue weighted by Gasteiger charge is -2.40. The van der Waals surface area contributed by atoms with E-state index in [-0.39, 0.29) is 6.04 Å². The molecule has 0 saturated carbocycles. The second-order valence-electron chi connectivity index (χ2n) is 16.7. The third-order valence-corrected chi connectivity index (χ3v) is 13.8. The van der Waals surface area contributed by atoms with E-state index in [1.165, 1.54) is 93.7 Å². The molecule has 4 aliphatic carbocycles. The summed E-state index contributed by atoms with van der Waals surface area (Å²) in [6.07, 6.45) is 31.2. The van der Waals surface area contributed by atoms with Crippen molar-refractivity contribution in [1.29, 1.82) is 0 Å². The topological polar surface area (TPSA) is 8.17 Å². The summed E-state index contributed by atoms with van der Waals surface area (Å²) in [6, 6.07) is 46.7. The largest absolute Gasteiger partial charge is 0.357 e. The quantitative estimate of drug-likeness (QED) is 0.175. The van der Waals surface area contributed by atoms with Crippen molar-refractivity contribution in [1.82, 2.24) is 4.57 Å². The molecule has 2 nitrogen and oxygen atoms in total. The van der Waals surface area contributed by atoms with Gasteiger partial charge in [-0.3, -0.25) is 0 Å². The van der Waals surface area contributed by atoms with Crippen LogP contribution < -0.4 is 15.5 Å². The highest BCUT2D eigenvalue weighted by molar-refractivity contribution is 6.06. The van der Waals surface area contributed by atoms with E-state index in [0.29, 0.717) is 23.8 Å². The van der Waals surface area contributed by atoms with Crippen molar-refractivity contribution >= 4 is 39.5 Å². The Bertz CT molecular complexity index is 3230. The molecule has 6 aromatic carbocycles. The highest BCUT2D eigenvalue weighted by Gasteiger charge is 2.42. The maximum Gasteiger partial charge on any atom is 0.0619 e. The normalized spacial score (nSPS) is 22.6. The first-order valence-corrected chi connectivity index (χ1v) is 20.9. The van der Waals surface area contributed by atoms with E-state index in [1.54, 1.807) is 0 Å². The highest BCUT2D eigenvalue weighted by atomic mass is 15.2. The molecular weight excluding hydrogens is 701 g/mol. The third-order valence-electron chi connectivity index (χ3n) is 13.8. The van der Waals surface area contributed by atoms with Gasteiger partial charge in [0.15, 0.2) is 0 Å². The summed E-state index contributed by atoms with van der Waals surface area (Å²) in [5.41, 5.74) is 15.8. The molecule has 0 radical (unpaired) electrons. The van der Waals surface area contributed by atoms with Gasteiger partial charge in [-0.05, 0) is 80.4 Å². The molecule has 274 valence electrons. The van der Waals surface area contributed by atoms with Crippen molar-refractivity contribution in [2.45, 2.75) is 30.3 Å². The molecular formula is C56H40N2. The molecule has 0 spiro atoms. The van der Waals surface area contributed by atoms with Gasteiger partial charge in [0.25, 0.3) is 0 Å². The lowest BCUT2D eigenvalue weighted by Crippen LogP contribution is -2.45. The van der Waals surface area contributed by atoms with Crippen molar-refractivity contribution in [3.63, 3.8) is 0 Å². The molecule has 0 bridgehead atoms. The summed E-state index contributed by atoms with van der Waals surface area (Å²) in [6.45, 7) is 0. The second kappa shape index (κ2) is 12.3. The van der Waals surface area contributed by atoms with Crippen molar-refractivity contribution < 1.29 is 0 Å². The van der Waals surface area contributed by atoms with Crippen LogP contribution in [0.5, 0.6) is 0 Å². The number of fused-ring (bicyclic) bond motifs is 13. The summed E-state index contributed by atoms with van der Waals surface area (Å²) in [7, 11) is 0.